The molecule has 6 atom stereocenters. The number of ether oxygens (including phenoxy) is 3. The lowest BCUT2D eigenvalue weighted by Gasteiger charge is -2.30. The monoisotopic (exact) mass is 674 g/mol. The molecule has 6 N–H and O–H groups in total. The third kappa shape index (κ3) is 7.04. The molecule has 1 aliphatic rings. The number of fused-ring (bicyclic) bond motifs is 2. The molecular formula is C30H39N6O10P. The number of esters is 1. The van der Waals surface area contributed by atoms with Crippen molar-refractivity contribution in [2.24, 2.45) is 5.41 Å². The topological polar surface area (TPSA) is 223 Å². The number of carbonyl (C=O) groups excluding carboxylic acids is 1. The number of aromatic nitrogens is 4. The molecule has 0 aliphatic carbocycles. The zero-order valence-corrected chi connectivity index (χ0v) is 27.7. The quantitative estimate of drug-likeness (QED) is 0.114. The Morgan fingerprint density at radius 1 is 1.19 bits per heavy atom. The fourth-order valence-electron chi connectivity index (χ4n) is 5.02. The minimum Gasteiger partial charge on any atom is -0.479 e. The highest BCUT2D eigenvalue weighted by atomic mass is 31.2. The van der Waals surface area contributed by atoms with E-state index in [0.29, 0.717) is 5.39 Å². The largest absolute Gasteiger partial charge is 0.479 e. The molecule has 17 heteroatoms. The number of methoxy groups -OCH3 is 1. The highest BCUT2D eigenvalue weighted by Gasteiger charge is 2.62. The van der Waals surface area contributed by atoms with E-state index in [1.165, 1.54) is 31.9 Å². The molecule has 1 fully saturated rings. The van der Waals surface area contributed by atoms with Crippen molar-refractivity contribution in [3.63, 3.8) is 0 Å². The first-order valence-electron chi connectivity index (χ1n) is 14.7. The summed E-state index contributed by atoms with van der Waals surface area (Å²) in [4.78, 5) is 25.2. The third-order valence-corrected chi connectivity index (χ3v) is 9.02. The van der Waals surface area contributed by atoms with Gasteiger partial charge < -0.3 is 39.8 Å². The minimum absolute atomic E-state index is 0.0516. The number of nitrogens with two attached hydrogens (primary N) is 1. The van der Waals surface area contributed by atoms with Crippen LogP contribution in [-0.4, -0.2) is 84.7 Å². The van der Waals surface area contributed by atoms with Crippen molar-refractivity contribution in [3.05, 3.63) is 48.8 Å². The highest BCUT2D eigenvalue weighted by Crippen LogP contribution is 2.50. The fraction of sp³-hybridized carbons (Fsp3) is 0.467. The van der Waals surface area contributed by atoms with Gasteiger partial charge in [-0.3, -0.25) is 13.9 Å². The number of nitrogens with one attached hydrogen (secondary N) is 1. The molecule has 16 nitrogen and oxygen atoms in total. The van der Waals surface area contributed by atoms with E-state index in [1.807, 2.05) is 39.0 Å². The van der Waals surface area contributed by atoms with Gasteiger partial charge in [0.1, 0.15) is 30.1 Å². The molecule has 1 aliphatic heterocycles. The first kappa shape index (κ1) is 34.4. The summed E-state index contributed by atoms with van der Waals surface area (Å²) >= 11 is 0. The van der Waals surface area contributed by atoms with Crippen LogP contribution < -0.4 is 20.1 Å². The fourth-order valence-corrected chi connectivity index (χ4v) is 6.55. The molecule has 4 aromatic rings. The summed E-state index contributed by atoms with van der Waals surface area (Å²) in [5, 5.41) is 38.0. The van der Waals surface area contributed by atoms with Gasteiger partial charge >= 0.3 is 13.7 Å². The van der Waals surface area contributed by atoms with Gasteiger partial charge in [-0.05, 0) is 30.7 Å². The molecule has 1 saturated heterocycles. The predicted octanol–water partition coefficient (Wildman–Crippen LogP) is 2.67. The van der Waals surface area contributed by atoms with Crippen LogP contribution in [0.5, 0.6) is 11.6 Å². The average molecular weight is 675 g/mol. The number of anilines is 1. The van der Waals surface area contributed by atoms with Crippen LogP contribution in [0.3, 0.4) is 0 Å². The van der Waals surface area contributed by atoms with Crippen molar-refractivity contribution >= 4 is 41.6 Å². The summed E-state index contributed by atoms with van der Waals surface area (Å²) in [5.74, 6) is -3.36. The molecule has 3 heterocycles. The lowest BCUT2D eigenvalue weighted by molar-refractivity contribution is -0.251. The average Bonchev–Trinajstić information content (AvgIpc) is 3.50. The van der Waals surface area contributed by atoms with E-state index in [9.17, 15) is 24.7 Å². The maximum Gasteiger partial charge on any atom is 0.459 e. The summed E-state index contributed by atoms with van der Waals surface area (Å²) in [7, 11) is -3.21. The van der Waals surface area contributed by atoms with Gasteiger partial charge in [0.2, 0.25) is 17.6 Å². The Balaban J connectivity index is 1.44. The second-order valence-corrected chi connectivity index (χ2v) is 14.4. The van der Waals surface area contributed by atoms with Crippen LogP contribution in [0.15, 0.2) is 48.8 Å². The summed E-state index contributed by atoms with van der Waals surface area (Å²) in [5.41, 5.74) is 3.56. The number of hydrogen-bond donors (Lipinski definition) is 5. The van der Waals surface area contributed by atoms with Crippen LogP contribution in [0.25, 0.3) is 21.9 Å². The van der Waals surface area contributed by atoms with Gasteiger partial charge in [0, 0.05) is 5.39 Å². The summed E-state index contributed by atoms with van der Waals surface area (Å²) in [6, 6.07) is 11.0. The molecular weight excluding hydrogens is 635 g/mol. The molecule has 2 aromatic carbocycles. The molecule has 0 bridgehead atoms. The maximum absolute atomic E-state index is 14.4. The smallest absolute Gasteiger partial charge is 0.459 e. The van der Waals surface area contributed by atoms with Gasteiger partial charge in [-0.25, -0.2) is 9.55 Å². The Morgan fingerprint density at radius 3 is 2.60 bits per heavy atom. The van der Waals surface area contributed by atoms with Gasteiger partial charge in [-0.15, -0.1) is 0 Å². The molecule has 0 amide bonds. The van der Waals surface area contributed by atoms with Gasteiger partial charge in [0.25, 0.3) is 0 Å². The van der Waals surface area contributed by atoms with Gasteiger partial charge in [0.05, 0.1) is 20.0 Å². The number of rotatable bonds is 11. The first-order valence-corrected chi connectivity index (χ1v) is 16.2. The van der Waals surface area contributed by atoms with Crippen LogP contribution in [-0.2, 0) is 23.4 Å². The van der Waals surface area contributed by atoms with Crippen molar-refractivity contribution in [3.8, 4) is 11.6 Å². The molecule has 0 radical (unpaired) electrons. The molecule has 1 unspecified atom stereocenters. The van der Waals surface area contributed by atoms with Crippen molar-refractivity contribution < 1.29 is 47.9 Å². The Labute approximate surface area is 270 Å². The third-order valence-electron chi connectivity index (χ3n) is 7.41. The molecule has 47 heavy (non-hydrogen) atoms. The number of aliphatic hydroxyl groups excluding tert-OH is 1. The number of nitrogens with zero attached hydrogens (tertiary/aromatic N) is 4. The van der Waals surface area contributed by atoms with Crippen molar-refractivity contribution in [2.75, 3.05) is 26.1 Å². The Hall–Kier alpha value is -3.89. The predicted molar refractivity (Wildman–Crippen MR) is 169 cm³/mol. The Bertz CT molecular complexity index is 1820. The normalized spacial score (nSPS) is 25.0. The summed E-state index contributed by atoms with van der Waals surface area (Å²) in [6.07, 6.45) is -2.30. The zero-order chi connectivity index (χ0) is 34.4. The van der Waals surface area contributed by atoms with Crippen LogP contribution in [0.1, 0.15) is 40.8 Å². The van der Waals surface area contributed by atoms with Crippen molar-refractivity contribution in [1.29, 1.82) is 0 Å². The van der Waals surface area contributed by atoms with E-state index in [1.54, 1.807) is 24.3 Å². The van der Waals surface area contributed by atoms with Crippen LogP contribution in [0.2, 0.25) is 0 Å². The van der Waals surface area contributed by atoms with E-state index < -0.39 is 50.1 Å². The second-order valence-electron chi connectivity index (χ2n) is 12.7. The highest BCUT2D eigenvalue weighted by molar-refractivity contribution is 7.52. The number of aliphatic hydroxyl groups is 3. The van der Waals surface area contributed by atoms with E-state index in [0.717, 1.165) is 5.39 Å². The van der Waals surface area contributed by atoms with Crippen LogP contribution in [0, 0.1) is 5.41 Å². The Morgan fingerprint density at radius 2 is 1.89 bits per heavy atom. The van der Waals surface area contributed by atoms with E-state index >= 15 is 0 Å². The first-order chi connectivity index (χ1) is 22.0. The number of benzene rings is 2. The van der Waals surface area contributed by atoms with E-state index in [-0.39, 0.29) is 40.8 Å². The molecule has 0 spiro atoms. The number of nitrogen functional groups attached to an aromatic ring is 1. The summed E-state index contributed by atoms with van der Waals surface area (Å²) < 4.78 is 43.6. The molecule has 2 aromatic heterocycles. The Kier molecular flexibility index (Phi) is 9.25. The maximum atomic E-state index is 14.4. The number of hydrogen-bond acceptors (Lipinski definition) is 14. The van der Waals surface area contributed by atoms with E-state index in [2.05, 4.69) is 20.0 Å². The van der Waals surface area contributed by atoms with Crippen molar-refractivity contribution in [1.82, 2.24) is 24.6 Å². The van der Waals surface area contributed by atoms with Crippen molar-refractivity contribution in [2.45, 2.75) is 64.4 Å². The molecule has 5 rings (SSSR count). The molecule has 254 valence electrons. The molecule has 0 saturated carbocycles. The number of carbonyl (C=O) groups is 1. The van der Waals surface area contributed by atoms with Crippen LogP contribution in [0.4, 0.5) is 5.95 Å². The standard InChI is InChI=1S/C30H39N6O10P/c1-17(24(37)43-14-28(2,3)4)35-47(41,46-20-13-9-11-18-10-7-8-12-19(18)20)44-15-30(40)25(38)29(5,39)26(45-30)36-16-32-21-22(36)33-27(31)34-23(21)42-6/h7-13,16-17,25-26,38-40H,14-15H2,1-6H3,(H,35,41)(H2,31,33,34)/t17-,25-,26?,29+,30+,47-/m0/s1. The summed E-state index contributed by atoms with van der Waals surface area (Å²) in [6.45, 7) is 7.38. The lowest BCUT2D eigenvalue weighted by atomic mass is 9.94. The van der Waals surface area contributed by atoms with Gasteiger partial charge in [0.15, 0.2) is 17.4 Å². The lowest BCUT2D eigenvalue weighted by Crippen LogP contribution is -2.51. The second kappa shape index (κ2) is 12.6. The van der Waals surface area contributed by atoms with Gasteiger partial charge in [-0.1, -0.05) is 57.2 Å². The SMILES string of the molecule is COc1nc(N)nc2c1ncn2C1O[C@](O)(CO[P@@](=O)(N[C@@H](C)C(=O)OCC(C)(C)C)Oc2cccc3ccccc23)[C@@H](O)[C@@]1(C)O. The zero-order valence-electron chi connectivity index (χ0n) is 26.8. The number of imidazole rings is 1. The van der Waals surface area contributed by atoms with E-state index in [4.69, 9.17) is 29.0 Å². The minimum atomic E-state index is -4.58. The van der Waals surface area contributed by atoms with Gasteiger partial charge in [-0.2, -0.15) is 15.1 Å². The van der Waals surface area contributed by atoms with Crippen LogP contribution >= 0.6 is 7.75 Å².